The van der Waals surface area contributed by atoms with Gasteiger partial charge in [-0.25, -0.2) is 0 Å². The standard InChI is InChI=1S/C22H24ClNO3/c1-3-25-21-12-18(13-24-14-19-8-5-9-26-19)11-20(23)22(21)27-15-17-7-4-6-16(2)10-17/h4-12,24H,3,13-15H2,1-2H3. The van der Waals surface area contributed by atoms with Gasteiger partial charge in [0, 0.05) is 6.54 Å². The molecule has 0 aliphatic heterocycles. The molecule has 0 spiro atoms. The quantitative estimate of drug-likeness (QED) is 0.527. The maximum absolute atomic E-state index is 6.49. The topological polar surface area (TPSA) is 43.6 Å². The molecule has 1 heterocycles. The highest BCUT2D eigenvalue weighted by Gasteiger charge is 2.13. The molecule has 1 aromatic heterocycles. The SMILES string of the molecule is CCOc1cc(CNCc2ccco2)cc(Cl)c1OCc1cccc(C)c1. The van der Waals surface area contributed by atoms with Crippen LogP contribution < -0.4 is 14.8 Å². The zero-order valence-corrected chi connectivity index (χ0v) is 16.4. The molecular weight excluding hydrogens is 362 g/mol. The first-order valence-corrected chi connectivity index (χ1v) is 9.40. The molecule has 0 unspecified atom stereocenters. The number of halogens is 1. The number of nitrogens with one attached hydrogen (secondary N) is 1. The number of benzene rings is 2. The molecule has 0 saturated carbocycles. The normalized spacial score (nSPS) is 10.8. The van der Waals surface area contributed by atoms with Crippen molar-refractivity contribution in [3.05, 3.63) is 82.3 Å². The van der Waals surface area contributed by atoms with Crippen LogP contribution in [0, 0.1) is 6.92 Å². The lowest BCUT2D eigenvalue weighted by Gasteiger charge is -2.16. The largest absolute Gasteiger partial charge is 0.490 e. The van der Waals surface area contributed by atoms with E-state index in [4.69, 9.17) is 25.5 Å². The Hall–Kier alpha value is -2.43. The summed E-state index contributed by atoms with van der Waals surface area (Å²) in [6, 6.07) is 15.9. The van der Waals surface area contributed by atoms with E-state index in [1.807, 2.05) is 43.3 Å². The van der Waals surface area contributed by atoms with Crippen molar-refractivity contribution in [1.29, 1.82) is 0 Å². The molecule has 27 heavy (non-hydrogen) atoms. The van der Waals surface area contributed by atoms with Crippen LogP contribution in [0.15, 0.2) is 59.2 Å². The lowest BCUT2D eigenvalue weighted by molar-refractivity contribution is 0.269. The van der Waals surface area contributed by atoms with Crippen LogP contribution in [0.3, 0.4) is 0 Å². The molecule has 0 aliphatic rings. The van der Waals surface area contributed by atoms with E-state index in [1.165, 1.54) is 5.56 Å². The van der Waals surface area contributed by atoms with E-state index in [-0.39, 0.29) is 0 Å². The van der Waals surface area contributed by atoms with Gasteiger partial charge in [-0.1, -0.05) is 41.4 Å². The number of ether oxygens (including phenoxy) is 2. The third-order valence-electron chi connectivity index (χ3n) is 4.04. The van der Waals surface area contributed by atoms with Crippen molar-refractivity contribution in [2.24, 2.45) is 0 Å². The molecule has 0 saturated heterocycles. The summed E-state index contributed by atoms with van der Waals surface area (Å²) < 4.78 is 17.1. The third-order valence-corrected chi connectivity index (χ3v) is 4.32. The molecule has 2 aromatic carbocycles. The van der Waals surface area contributed by atoms with Gasteiger partial charge >= 0.3 is 0 Å². The van der Waals surface area contributed by atoms with E-state index < -0.39 is 0 Å². The van der Waals surface area contributed by atoms with Crippen LogP contribution in [-0.4, -0.2) is 6.61 Å². The lowest BCUT2D eigenvalue weighted by atomic mass is 10.1. The van der Waals surface area contributed by atoms with E-state index in [1.54, 1.807) is 6.26 Å². The van der Waals surface area contributed by atoms with Gasteiger partial charge in [-0.3, -0.25) is 0 Å². The number of rotatable bonds is 9. The third kappa shape index (κ3) is 5.52. The van der Waals surface area contributed by atoms with E-state index in [9.17, 15) is 0 Å². The lowest BCUT2D eigenvalue weighted by Crippen LogP contribution is -2.12. The predicted molar refractivity (Wildman–Crippen MR) is 107 cm³/mol. The summed E-state index contributed by atoms with van der Waals surface area (Å²) in [4.78, 5) is 0. The van der Waals surface area contributed by atoms with Crippen LogP contribution in [-0.2, 0) is 19.7 Å². The Morgan fingerprint density at radius 1 is 1.00 bits per heavy atom. The average molecular weight is 386 g/mol. The average Bonchev–Trinajstić information content (AvgIpc) is 3.15. The summed E-state index contributed by atoms with van der Waals surface area (Å²) in [5, 5.41) is 3.88. The number of aryl methyl sites for hydroxylation is 1. The highest BCUT2D eigenvalue weighted by molar-refractivity contribution is 6.32. The Morgan fingerprint density at radius 2 is 1.89 bits per heavy atom. The van der Waals surface area contributed by atoms with E-state index in [0.29, 0.717) is 42.8 Å². The maximum atomic E-state index is 6.49. The highest BCUT2D eigenvalue weighted by Crippen LogP contribution is 2.37. The van der Waals surface area contributed by atoms with Gasteiger partial charge in [-0.2, -0.15) is 0 Å². The monoisotopic (exact) mass is 385 g/mol. The van der Waals surface area contributed by atoms with Crippen molar-refractivity contribution in [3.8, 4) is 11.5 Å². The molecule has 5 heteroatoms. The van der Waals surface area contributed by atoms with Gasteiger partial charge in [0.2, 0.25) is 0 Å². The molecule has 0 bridgehead atoms. The van der Waals surface area contributed by atoms with Crippen molar-refractivity contribution in [2.45, 2.75) is 33.5 Å². The molecule has 3 rings (SSSR count). The van der Waals surface area contributed by atoms with Crippen LogP contribution in [0.2, 0.25) is 5.02 Å². The van der Waals surface area contributed by atoms with Gasteiger partial charge < -0.3 is 19.2 Å². The van der Waals surface area contributed by atoms with E-state index >= 15 is 0 Å². The molecule has 0 atom stereocenters. The van der Waals surface area contributed by atoms with Crippen LogP contribution >= 0.6 is 11.6 Å². The smallest absolute Gasteiger partial charge is 0.180 e. The van der Waals surface area contributed by atoms with Gasteiger partial charge in [-0.05, 0) is 49.2 Å². The van der Waals surface area contributed by atoms with Crippen molar-refractivity contribution < 1.29 is 13.9 Å². The molecule has 0 aliphatic carbocycles. The summed E-state index contributed by atoms with van der Waals surface area (Å²) in [7, 11) is 0. The summed E-state index contributed by atoms with van der Waals surface area (Å²) in [5.74, 6) is 2.13. The Kier molecular flexibility index (Phi) is 6.80. The van der Waals surface area contributed by atoms with Gasteiger partial charge in [0.15, 0.2) is 11.5 Å². The Balaban J connectivity index is 1.69. The molecule has 3 aromatic rings. The molecule has 4 nitrogen and oxygen atoms in total. The van der Waals surface area contributed by atoms with Crippen LogP contribution in [0.25, 0.3) is 0 Å². The summed E-state index contributed by atoms with van der Waals surface area (Å²) in [5.41, 5.74) is 3.32. The molecule has 142 valence electrons. The Labute approximate surface area is 165 Å². The maximum Gasteiger partial charge on any atom is 0.180 e. The zero-order valence-electron chi connectivity index (χ0n) is 15.6. The second kappa shape index (κ2) is 9.49. The van der Waals surface area contributed by atoms with Crippen molar-refractivity contribution >= 4 is 11.6 Å². The van der Waals surface area contributed by atoms with Crippen LogP contribution in [0.5, 0.6) is 11.5 Å². The molecule has 0 fully saturated rings. The fourth-order valence-electron chi connectivity index (χ4n) is 2.83. The molecule has 0 radical (unpaired) electrons. The highest BCUT2D eigenvalue weighted by atomic mass is 35.5. The van der Waals surface area contributed by atoms with Crippen LogP contribution in [0.1, 0.15) is 29.4 Å². The van der Waals surface area contributed by atoms with E-state index in [2.05, 4.69) is 24.4 Å². The number of furan rings is 1. The first-order chi connectivity index (χ1) is 13.2. The second-order valence-electron chi connectivity index (χ2n) is 6.30. The van der Waals surface area contributed by atoms with Crippen molar-refractivity contribution in [2.75, 3.05) is 6.61 Å². The minimum atomic E-state index is 0.442. The van der Waals surface area contributed by atoms with Gasteiger partial charge in [-0.15, -0.1) is 0 Å². The predicted octanol–water partition coefficient (Wildman–Crippen LogP) is 5.51. The van der Waals surface area contributed by atoms with Gasteiger partial charge in [0.25, 0.3) is 0 Å². The number of hydrogen-bond acceptors (Lipinski definition) is 4. The second-order valence-corrected chi connectivity index (χ2v) is 6.71. The molecule has 1 N–H and O–H groups in total. The fraction of sp³-hybridized carbons (Fsp3) is 0.273. The number of hydrogen-bond donors (Lipinski definition) is 1. The Morgan fingerprint density at radius 3 is 2.63 bits per heavy atom. The molecule has 0 amide bonds. The first-order valence-electron chi connectivity index (χ1n) is 9.02. The summed E-state index contributed by atoms with van der Waals surface area (Å²) in [6.07, 6.45) is 1.67. The minimum Gasteiger partial charge on any atom is -0.490 e. The minimum absolute atomic E-state index is 0.442. The fourth-order valence-corrected chi connectivity index (χ4v) is 3.11. The van der Waals surface area contributed by atoms with Crippen LogP contribution in [0.4, 0.5) is 0 Å². The summed E-state index contributed by atoms with van der Waals surface area (Å²) in [6.45, 7) is 6.30. The van der Waals surface area contributed by atoms with Crippen molar-refractivity contribution in [1.82, 2.24) is 5.32 Å². The summed E-state index contributed by atoms with van der Waals surface area (Å²) >= 11 is 6.49. The molecular formula is C22H24ClNO3. The van der Waals surface area contributed by atoms with Crippen molar-refractivity contribution in [3.63, 3.8) is 0 Å². The van der Waals surface area contributed by atoms with Gasteiger partial charge in [0.05, 0.1) is 24.4 Å². The zero-order chi connectivity index (χ0) is 19.1. The Bertz CT molecular complexity index is 862. The first kappa shape index (κ1) is 19.3. The van der Waals surface area contributed by atoms with E-state index in [0.717, 1.165) is 16.9 Å². The van der Waals surface area contributed by atoms with Gasteiger partial charge in [0.1, 0.15) is 12.4 Å².